The molecule has 0 heterocycles. The van der Waals surface area contributed by atoms with Crippen LogP contribution in [0.2, 0.25) is 0 Å². The Morgan fingerprint density at radius 1 is 1.42 bits per heavy atom. The number of carbonyl (C=O) groups is 1. The van der Waals surface area contributed by atoms with E-state index < -0.39 is 0 Å². The normalized spacial score (nSPS) is 35.8. The van der Waals surface area contributed by atoms with Crippen molar-refractivity contribution in [1.82, 2.24) is 0 Å². The second kappa shape index (κ2) is 2.72. The predicted octanol–water partition coefficient (Wildman–Crippen LogP) is 2.86. The average Bonchev–Trinajstić information content (AvgIpc) is 2.06. The Bertz CT molecular complexity index is 239. The summed E-state index contributed by atoms with van der Waals surface area (Å²) in [5, 5.41) is 0. The first-order valence-electron chi connectivity index (χ1n) is 4.92. The molecule has 0 aliphatic heterocycles. The molecule has 1 heteroatoms. The first kappa shape index (κ1) is 8.03. The van der Waals surface area contributed by atoms with Crippen molar-refractivity contribution in [3.8, 4) is 0 Å². The van der Waals surface area contributed by atoms with Gasteiger partial charge in [0.15, 0.2) is 0 Å². The molecule has 1 fully saturated rings. The van der Waals surface area contributed by atoms with Gasteiger partial charge in [-0.25, -0.2) is 0 Å². The highest BCUT2D eigenvalue weighted by Gasteiger charge is 2.35. The number of hydrogen-bond acceptors (Lipinski definition) is 1. The van der Waals surface area contributed by atoms with Crippen molar-refractivity contribution in [2.75, 3.05) is 0 Å². The highest BCUT2D eigenvalue weighted by Crippen LogP contribution is 2.45. The van der Waals surface area contributed by atoms with Gasteiger partial charge >= 0.3 is 0 Å². The molecular weight excluding hydrogens is 148 g/mol. The molecule has 0 saturated heterocycles. The first-order chi connectivity index (χ1) is 5.71. The monoisotopic (exact) mass is 164 g/mol. The van der Waals surface area contributed by atoms with Crippen LogP contribution in [0.15, 0.2) is 11.6 Å². The Morgan fingerprint density at radius 3 is 3.08 bits per heavy atom. The SMILES string of the molecule is C[C@]12CCCC=C1CC(=O)CC2. The minimum Gasteiger partial charge on any atom is -0.299 e. The van der Waals surface area contributed by atoms with Crippen molar-refractivity contribution < 1.29 is 4.79 Å². The van der Waals surface area contributed by atoms with E-state index in [-0.39, 0.29) is 0 Å². The summed E-state index contributed by atoms with van der Waals surface area (Å²) >= 11 is 0. The molecule has 0 amide bonds. The van der Waals surface area contributed by atoms with Crippen LogP contribution in [-0.4, -0.2) is 5.78 Å². The van der Waals surface area contributed by atoms with E-state index in [0.717, 1.165) is 19.3 Å². The third-order valence-electron chi connectivity index (χ3n) is 3.44. The van der Waals surface area contributed by atoms with E-state index in [4.69, 9.17) is 0 Å². The van der Waals surface area contributed by atoms with Crippen LogP contribution in [0.4, 0.5) is 0 Å². The van der Waals surface area contributed by atoms with Crippen molar-refractivity contribution in [3.63, 3.8) is 0 Å². The van der Waals surface area contributed by atoms with Crippen LogP contribution in [0.3, 0.4) is 0 Å². The van der Waals surface area contributed by atoms with Crippen molar-refractivity contribution in [1.29, 1.82) is 0 Å². The number of rotatable bonds is 0. The molecule has 0 aromatic heterocycles. The highest BCUT2D eigenvalue weighted by atomic mass is 16.1. The average molecular weight is 164 g/mol. The molecule has 0 aromatic rings. The van der Waals surface area contributed by atoms with Gasteiger partial charge < -0.3 is 0 Å². The second-order valence-corrected chi connectivity index (χ2v) is 4.40. The van der Waals surface area contributed by atoms with Gasteiger partial charge in [-0.1, -0.05) is 18.6 Å². The maximum Gasteiger partial charge on any atom is 0.136 e. The molecule has 1 nitrogen and oxygen atoms in total. The molecule has 0 bridgehead atoms. The molecule has 0 radical (unpaired) electrons. The molecule has 66 valence electrons. The maximum atomic E-state index is 11.2. The molecule has 2 aliphatic carbocycles. The van der Waals surface area contributed by atoms with Crippen LogP contribution in [0.1, 0.15) is 45.4 Å². The summed E-state index contributed by atoms with van der Waals surface area (Å²) in [6.45, 7) is 2.32. The van der Waals surface area contributed by atoms with Crippen molar-refractivity contribution in [3.05, 3.63) is 11.6 Å². The van der Waals surface area contributed by atoms with Gasteiger partial charge in [0.25, 0.3) is 0 Å². The first-order valence-corrected chi connectivity index (χ1v) is 4.92. The smallest absolute Gasteiger partial charge is 0.136 e. The van der Waals surface area contributed by atoms with E-state index in [1.807, 2.05) is 0 Å². The van der Waals surface area contributed by atoms with E-state index in [0.29, 0.717) is 11.2 Å². The lowest BCUT2D eigenvalue weighted by molar-refractivity contribution is -0.120. The van der Waals surface area contributed by atoms with E-state index in [9.17, 15) is 4.79 Å². The molecule has 0 aromatic carbocycles. The summed E-state index contributed by atoms with van der Waals surface area (Å²) in [5.74, 6) is 0.445. The zero-order valence-corrected chi connectivity index (χ0v) is 7.73. The van der Waals surface area contributed by atoms with Crippen LogP contribution in [0.25, 0.3) is 0 Å². The van der Waals surface area contributed by atoms with Gasteiger partial charge in [-0.15, -0.1) is 0 Å². The van der Waals surface area contributed by atoms with E-state index >= 15 is 0 Å². The van der Waals surface area contributed by atoms with Crippen LogP contribution in [0, 0.1) is 5.41 Å². The second-order valence-electron chi connectivity index (χ2n) is 4.40. The Kier molecular flexibility index (Phi) is 1.82. The Morgan fingerprint density at radius 2 is 2.25 bits per heavy atom. The summed E-state index contributed by atoms with van der Waals surface area (Å²) in [7, 11) is 0. The van der Waals surface area contributed by atoms with Crippen LogP contribution in [-0.2, 0) is 4.79 Å². The van der Waals surface area contributed by atoms with Gasteiger partial charge in [-0.2, -0.15) is 0 Å². The van der Waals surface area contributed by atoms with E-state index in [1.165, 1.54) is 24.8 Å². The molecule has 1 saturated carbocycles. The fraction of sp³-hybridized carbons (Fsp3) is 0.727. The lowest BCUT2D eigenvalue weighted by Gasteiger charge is -2.38. The minimum absolute atomic E-state index is 0.395. The van der Waals surface area contributed by atoms with E-state index in [1.54, 1.807) is 0 Å². The third-order valence-corrected chi connectivity index (χ3v) is 3.44. The Balaban J connectivity index is 2.25. The maximum absolute atomic E-state index is 11.2. The number of allylic oxidation sites excluding steroid dienone is 2. The number of carbonyl (C=O) groups excluding carboxylic acids is 1. The van der Waals surface area contributed by atoms with Crippen LogP contribution >= 0.6 is 0 Å². The molecule has 12 heavy (non-hydrogen) atoms. The van der Waals surface area contributed by atoms with Gasteiger partial charge in [-0.3, -0.25) is 4.79 Å². The standard InChI is InChI=1S/C11H16O/c1-11-6-3-2-4-9(11)8-10(12)5-7-11/h4H,2-3,5-8H2,1H3/t11-/m1/s1. The Labute approximate surface area is 73.8 Å². The van der Waals surface area contributed by atoms with Gasteiger partial charge in [0.1, 0.15) is 5.78 Å². The van der Waals surface area contributed by atoms with Crippen molar-refractivity contribution in [2.45, 2.75) is 45.4 Å². The summed E-state index contributed by atoms with van der Waals surface area (Å²) in [6.07, 6.45) is 8.76. The van der Waals surface area contributed by atoms with E-state index in [2.05, 4.69) is 13.0 Å². The number of ketones is 1. The predicted molar refractivity (Wildman–Crippen MR) is 48.9 cm³/mol. The van der Waals surface area contributed by atoms with Gasteiger partial charge in [-0.05, 0) is 31.1 Å². The fourth-order valence-corrected chi connectivity index (χ4v) is 2.46. The summed E-state index contributed by atoms with van der Waals surface area (Å²) in [4.78, 5) is 11.2. The quantitative estimate of drug-likeness (QED) is 0.503. The number of fused-ring (bicyclic) bond motifs is 1. The van der Waals surface area contributed by atoms with Crippen molar-refractivity contribution in [2.24, 2.45) is 5.41 Å². The molecule has 2 rings (SSSR count). The summed E-state index contributed by atoms with van der Waals surface area (Å²) in [5.41, 5.74) is 1.83. The molecule has 0 unspecified atom stereocenters. The molecule has 0 spiro atoms. The zero-order valence-electron chi connectivity index (χ0n) is 7.73. The number of hydrogen-bond donors (Lipinski definition) is 0. The molecule has 0 N–H and O–H groups in total. The molecule has 1 atom stereocenters. The van der Waals surface area contributed by atoms with Crippen molar-refractivity contribution >= 4 is 5.78 Å². The van der Waals surface area contributed by atoms with Crippen LogP contribution in [0.5, 0.6) is 0 Å². The third kappa shape index (κ3) is 1.21. The summed E-state index contributed by atoms with van der Waals surface area (Å²) in [6, 6.07) is 0. The molecule has 2 aliphatic rings. The highest BCUT2D eigenvalue weighted by molar-refractivity contribution is 5.82. The zero-order chi connectivity index (χ0) is 8.60. The largest absolute Gasteiger partial charge is 0.299 e. The minimum atomic E-state index is 0.395. The van der Waals surface area contributed by atoms with Gasteiger partial charge in [0.2, 0.25) is 0 Å². The fourth-order valence-electron chi connectivity index (χ4n) is 2.46. The Hall–Kier alpha value is -0.590. The topological polar surface area (TPSA) is 17.1 Å². The lowest BCUT2D eigenvalue weighted by atomic mass is 9.66. The van der Waals surface area contributed by atoms with Gasteiger partial charge in [0, 0.05) is 12.8 Å². The lowest BCUT2D eigenvalue weighted by Crippen LogP contribution is -2.29. The van der Waals surface area contributed by atoms with Gasteiger partial charge in [0.05, 0.1) is 0 Å². The summed E-state index contributed by atoms with van der Waals surface area (Å²) < 4.78 is 0. The molecular formula is C11H16O. The number of Topliss-reactive ketones (excluding diaryl/α,β-unsaturated/α-hetero) is 1. The van der Waals surface area contributed by atoms with Crippen LogP contribution < -0.4 is 0 Å².